The van der Waals surface area contributed by atoms with Crippen molar-refractivity contribution < 1.29 is 13.2 Å². The highest BCUT2D eigenvalue weighted by atomic mass is 32.2. The number of carbonyl (C=O) groups is 1. The van der Waals surface area contributed by atoms with Gasteiger partial charge < -0.3 is 19.3 Å². The summed E-state index contributed by atoms with van der Waals surface area (Å²) < 4.78 is 29.4. The first-order chi connectivity index (χ1) is 15.7. The molecule has 4 aromatic rings. The minimum Gasteiger partial charge on any atom is -0.335 e. The number of sulfonamides is 1. The molecule has 0 saturated carbocycles. The smallest absolute Gasteiger partial charge is 0.314 e. The number of pyridine rings is 1. The predicted octanol–water partition coefficient (Wildman–Crippen LogP) is 0.319. The summed E-state index contributed by atoms with van der Waals surface area (Å²) in [6.45, 7) is 2.62. The van der Waals surface area contributed by atoms with E-state index in [1.807, 2.05) is 29.5 Å². The summed E-state index contributed by atoms with van der Waals surface area (Å²) in [5.41, 5.74) is 0.832. The summed E-state index contributed by atoms with van der Waals surface area (Å²) in [5.74, 6) is -0.248. The minimum absolute atomic E-state index is 0.00620. The maximum Gasteiger partial charge on any atom is 0.314 e. The van der Waals surface area contributed by atoms with Crippen molar-refractivity contribution in [2.45, 2.75) is 11.8 Å². The third-order valence-electron chi connectivity index (χ3n) is 5.77. The number of benzene rings is 1. The Bertz CT molecular complexity index is 1630. The Labute approximate surface area is 187 Å². The summed E-state index contributed by atoms with van der Waals surface area (Å²) in [4.78, 5) is 46.7. The van der Waals surface area contributed by atoms with Crippen molar-refractivity contribution in [1.82, 2.24) is 28.6 Å². The van der Waals surface area contributed by atoms with Gasteiger partial charge in [0.1, 0.15) is 11.3 Å². The van der Waals surface area contributed by atoms with Gasteiger partial charge >= 0.3 is 11.1 Å². The number of piperazine rings is 1. The maximum atomic E-state index is 13.1. The van der Waals surface area contributed by atoms with E-state index in [1.54, 1.807) is 11.1 Å². The Balaban J connectivity index is 1.34. The zero-order valence-corrected chi connectivity index (χ0v) is 18.4. The van der Waals surface area contributed by atoms with E-state index in [9.17, 15) is 22.8 Å². The number of H-pyrrole nitrogens is 2. The van der Waals surface area contributed by atoms with Gasteiger partial charge in [-0.15, -0.1) is 0 Å². The predicted molar refractivity (Wildman–Crippen MR) is 120 cm³/mol. The summed E-state index contributed by atoms with van der Waals surface area (Å²) in [6, 6.07) is 9.74. The molecule has 1 amide bonds. The molecule has 4 heterocycles. The van der Waals surface area contributed by atoms with Gasteiger partial charge in [0.15, 0.2) is 0 Å². The number of amides is 1. The van der Waals surface area contributed by atoms with Crippen LogP contribution in [0.3, 0.4) is 0 Å². The molecule has 11 nitrogen and oxygen atoms in total. The Kier molecular flexibility index (Phi) is 4.91. The molecule has 0 radical (unpaired) electrons. The lowest BCUT2D eigenvalue weighted by Crippen LogP contribution is -2.50. The lowest BCUT2D eigenvalue weighted by molar-refractivity contribution is 0.0692. The second-order valence-electron chi connectivity index (χ2n) is 7.83. The Morgan fingerprint density at radius 3 is 2.36 bits per heavy atom. The molecule has 0 spiro atoms. The van der Waals surface area contributed by atoms with E-state index >= 15 is 0 Å². The van der Waals surface area contributed by atoms with Gasteiger partial charge in [-0.2, -0.15) is 4.31 Å². The molecular formula is C21H20N6O5S. The van der Waals surface area contributed by atoms with Gasteiger partial charge in [-0.25, -0.2) is 13.4 Å². The van der Waals surface area contributed by atoms with Gasteiger partial charge in [-0.1, -0.05) is 6.07 Å². The molecule has 3 aromatic heterocycles. The van der Waals surface area contributed by atoms with Gasteiger partial charge in [-0.05, 0) is 37.3 Å². The first-order valence-corrected chi connectivity index (χ1v) is 11.7. The van der Waals surface area contributed by atoms with Crippen molar-refractivity contribution in [3.05, 3.63) is 74.7 Å². The highest BCUT2D eigenvalue weighted by Gasteiger charge is 2.31. The van der Waals surface area contributed by atoms with Crippen molar-refractivity contribution in [3.63, 3.8) is 0 Å². The Morgan fingerprint density at radius 1 is 0.970 bits per heavy atom. The van der Waals surface area contributed by atoms with Crippen LogP contribution in [0.5, 0.6) is 0 Å². The fourth-order valence-electron chi connectivity index (χ4n) is 3.95. The molecule has 1 aromatic carbocycles. The molecule has 0 unspecified atom stereocenters. The van der Waals surface area contributed by atoms with E-state index < -0.39 is 21.1 Å². The molecule has 170 valence electrons. The van der Waals surface area contributed by atoms with Crippen LogP contribution in [0.15, 0.2) is 57.1 Å². The van der Waals surface area contributed by atoms with Crippen molar-refractivity contribution in [2.75, 3.05) is 26.2 Å². The number of hydrogen-bond acceptors (Lipinski definition) is 6. The molecule has 33 heavy (non-hydrogen) atoms. The van der Waals surface area contributed by atoms with E-state index in [-0.39, 0.29) is 42.5 Å². The molecule has 5 rings (SSSR count). The van der Waals surface area contributed by atoms with Gasteiger partial charge in [0.2, 0.25) is 10.0 Å². The number of aryl methyl sites for hydroxylation is 1. The number of rotatable bonds is 3. The molecule has 1 aliphatic heterocycles. The normalized spacial score (nSPS) is 15.4. The molecule has 1 saturated heterocycles. The lowest BCUT2D eigenvalue weighted by atomic mass is 10.3. The number of nitrogens with zero attached hydrogens (tertiary/aromatic N) is 4. The van der Waals surface area contributed by atoms with Crippen LogP contribution in [0.25, 0.3) is 16.7 Å². The molecule has 2 N–H and O–H groups in total. The standard InChI is InChI=1S/C21H20N6O5S/c1-13-3-2-4-18-22-17(12-27(13)18)21(30)25-7-9-26(10-8-25)33(31,32)14-5-6-15-16(11-14)24-20(29)19(28)23-15/h2-6,11-12H,7-10H2,1H3,(H,23,28)(H,24,29). The van der Waals surface area contributed by atoms with Crippen molar-refractivity contribution in [3.8, 4) is 0 Å². The topological polar surface area (TPSA) is 141 Å². The average Bonchev–Trinajstić information content (AvgIpc) is 3.25. The third kappa shape index (κ3) is 3.62. The van der Waals surface area contributed by atoms with Gasteiger partial charge in [0.05, 0.1) is 15.9 Å². The van der Waals surface area contributed by atoms with Crippen LogP contribution in [0.1, 0.15) is 16.2 Å². The van der Waals surface area contributed by atoms with Crippen LogP contribution >= 0.6 is 0 Å². The zero-order chi connectivity index (χ0) is 23.3. The molecule has 1 fully saturated rings. The molecule has 0 atom stereocenters. The van der Waals surface area contributed by atoms with Crippen LogP contribution < -0.4 is 11.1 Å². The Hall–Kier alpha value is -3.77. The van der Waals surface area contributed by atoms with Crippen LogP contribution in [0.4, 0.5) is 0 Å². The fraction of sp³-hybridized carbons (Fsp3) is 0.238. The van der Waals surface area contributed by atoms with Gasteiger partial charge in [0.25, 0.3) is 5.91 Å². The summed E-state index contributed by atoms with van der Waals surface area (Å²) in [7, 11) is -3.85. The molecule has 0 bridgehead atoms. The van der Waals surface area contributed by atoms with Gasteiger partial charge in [-0.3, -0.25) is 14.4 Å². The molecular weight excluding hydrogens is 448 g/mol. The highest BCUT2D eigenvalue weighted by Crippen LogP contribution is 2.21. The number of hydrogen-bond donors (Lipinski definition) is 2. The SMILES string of the molecule is Cc1cccc2nc(C(=O)N3CCN(S(=O)(=O)c4ccc5[nH]c(=O)c(=O)[nH]c5c4)CC3)cn12. The lowest BCUT2D eigenvalue weighted by Gasteiger charge is -2.33. The maximum absolute atomic E-state index is 13.1. The number of fused-ring (bicyclic) bond motifs is 2. The van der Waals surface area contributed by atoms with Crippen LogP contribution in [0, 0.1) is 6.92 Å². The summed E-state index contributed by atoms with van der Waals surface area (Å²) >= 11 is 0. The van der Waals surface area contributed by atoms with E-state index in [0.717, 1.165) is 5.69 Å². The number of imidazole rings is 1. The first kappa shape index (κ1) is 21.1. The van der Waals surface area contributed by atoms with Crippen LogP contribution in [-0.2, 0) is 10.0 Å². The molecule has 0 aliphatic carbocycles. The number of carbonyl (C=O) groups excluding carboxylic acids is 1. The molecule has 1 aliphatic rings. The van der Waals surface area contributed by atoms with Crippen molar-refractivity contribution >= 4 is 32.6 Å². The number of nitrogens with one attached hydrogen (secondary N) is 2. The minimum atomic E-state index is -3.85. The number of aromatic nitrogens is 4. The summed E-state index contributed by atoms with van der Waals surface area (Å²) in [6.07, 6.45) is 1.69. The van der Waals surface area contributed by atoms with E-state index in [1.165, 1.54) is 22.5 Å². The zero-order valence-electron chi connectivity index (χ0n) is 17.6. The fourth-order valence-corrected chi connectivity index (χ4v) is 5.40. The summed E-state index contributed by atoms with van der Waals surface area (Å²) in [5, 5.41) is 0. The Morgan fingerprint density at radius 2 is 1.67 bits per heavy atom. The van der Waals surface area contributed by atoms with E-state index in [2.05, 4.69) is 15.0 Å². The van der Waals surface area contributed by atoms with Crippen molar-refractivity contribution in [2.24, 2.45) is 0 Å². The molecule has 12 heteroatoms. The third-order valence-corrected chi connectivity index (χ3v) is 7.67. The average molecular weight is 468 g/mol. The van der Waals surface area contributed by atoms with Gasteiger partial charge in [0, 0.05) is 38.1 Å². The first-order valence-electron chi connectivity index (χ1n) is 10.2. The van der Waals surface area contributed by atoms with Crippen LogP contribution in [-0.4, -0.2) is 69.1 Å². The highest BCUT2D eigenvalue weighted by molar-refractivity contribution is 7.89. The number of aromatic amines is 2. The largest absolute Gasteiger partial charge is 0.335 e. The van der Waals surface area contributed by atoms with Crippen LogP contribution in [0.2, 0.25) is 0 Å². The van der Waals surface area contributed by atoms with E-state index in [0.29, 0.717) is 16.9 Å². The monoisotopic (exact) mass is 468 g/mol. The second kappa shape index (κ2) is 7.67. The quantitative estimate of drug-likeness (QED) is 0.415. The van der Waals surface area contributed by atoms with E-state index in [4.69, 9.17) is 0 Å². The van der Waals surface area contributed by atoms with Crippen molar-refractivity contribution in [1.29, 1.82) is 0 Å². The second-order valence-corrected chi connectivity index (χ2v) is 9.77.